The first kappa shape index (κ1) is 18.9. The molecular formula is C21H25N3O3. The van der Waals surface area contributed by atoms with Gasteiger partial charge in [0.05, 0.1) is 6.54 Å². The third kappa shape index (κ3) is 5.81. The first-order valence-electron chi connectivity index (χ1n) is 9.32. The molecule has 1 aliphatic rings. The average molecular weight is 367 g/mol. The number of carbonyl (C=O) groups excluding carboxylic acids is 2. The Kier molecular flexibility index (Phi) is 6.41. The lowest BCUT2D eigenvalue weighted by molar-refractivity contribution is -0.131. The number of amides is 2. The van der Waals surface area contributed by atoms with Crippen LogP contribution in [0, 0.1) is 5.92 Å². The van der Waals surface area contributed by atoms with Gasteiger partial charge >= 0.3 is 0 Å². The number of benzene rings is 1. The number of aryl methyl sites for hydroxylation is 1. The van der Waals surface area contributed by atoms with E-state index in [2.05, 4.69) is 17.1 Å². The largest absolute Gasteiger partial charge is 0.359 e. The van der Waals surface area contributed by atoms with Crippen molar-refractivity contribution in [3.05, 3.63) is 66.1 Å². The Hall–Kier alpha value is -2.89. The van der Waals surface area contributed by atoms with Gasteiger partial charge in [-0.2, -0.15) is 0 Å². The van der Waals surface area contributed by atoms with Crippen LogP contribution in [0.1, 0.15) is 41.1 Å². The summed E-state index contributed by atoms with van der Waals surface area (Å²) in [4.78, 5) is 26.3. The fourth-order valence-corrected chi connectivity index (χ4v) is 2.80. The quantitative estimate of drug-likeness (QED) is 0.655. The Bertz CT molecular complexity index is 781. The second-order valence-electron chi connectivity index (χ2n) is 6.88. The highest BCUT2D eigenvalue weighted by Gasteiger charge is 2.23. The lowest BCUT2D eigenvalue weighted by Crippen LogP contribution is -2.30. The molecule has 6 heteroatoms. The summed E-state index contributed by atoms with van der Waals surface area (Å²) >= 11 is 0. The summed E-state index contributed by atoms with van der Waals surface area (Å²) in [5, 5.41) is 6.69. The maximum absolute atomic E-state index is 12.6. The second kappa shape index (κ2) is 9.16. The van der Waals surface area contributed by atoms with Crippen LogP contribution in [-0.4, -0.2) is 35.0 Å². The van der Waals surface area contributed by atoms with Gasteiger partial charge < -0.3 is 14.7 Å². The fraction of sp³-hybridized carbons (Fsp3) is 0.381. The van der Waals surface area contributed by atoms with Gasteiger partial charge in [0.2, 0.25) is 5.91 Å². The summed E-state index contributed by atoms with van der Waals surface area (Å²) in [6.07, 6.45) is 5.11. The molecule has 3 rings (SSSR count). The summed E-state index contributed by atoms with van der Waals surface area (Å²) < 4.78 is 5.26. The van der Waals surface area contributed by atoms with Crippen LogP contribution in [0.2, 0.25) is 0 Å². The molecule has 1 heterocycles. The molecule has 1 saturated carbocycles. The van der Waals surface area contributed by atoms with Crippen LogP contribution < -0.4 is 5.32 Å². The predicted octanol–water partition coefficient (Wildman–Crippen LogP) is 2.96. The fourth-order valence-electron chi connectivity index (χ4n) is 2.80. The number of nitrogens with one attached hydrogen (secondary N) is 1. The lowest BCUT2D eigenvalue weighted by Gasteiger charge is -2.19. The molecule has 2 amide bonds. The highest BCUT2D eigenvalue weighted by molar-refractivity contribution is 5.92. The summed E-state index contributed by atoms with van der Waals surface area (Å²) in [5.74, 6) is 0.865. The second-order valence-corrected chi connectivity index (χ2v) is 6.88. The van der Waals surface area contributed by atoms with Crippen LogP contribution in [0.25, 0.3) is 0 Å². The molecule has 1 fully saturated rings. The van der Waals surface area contributed by atoms with E-state index in [1.165, 1.54) is 12.8 Å². The Labute approximate surface area is 159 Å². The van der Waals surface area contributed by atoms with E-state index in [0.717, 1.165) is 5.56 Å². The highest BCUT2D eigenvalue weighted by atomic mass is 16.5. The zero-order valence-corrected chi connectivity index (χ0v) is 15.4. The van der Waals surface area contributed by atoms with E-state index >= 15 is 0 Å². The van der Waals surface area contributed by atoms with Crippen molar-refractivity contribution in [1.82, 2.24) is 15.4 Å². The van der Waals surface area contributed by atoms with Crippen molar-refractivity contribution in [2.75, 3.05) is 13.1 Å². The number of aromatic nitrogens is 1. The molecule has 0 saturated heterocycles. The minimum atomic E-state index is -0.234. The van der Waals surface area contributed by atoms with E-state index in [9.17, 15) is 9.59 Å². The topological polar surface area (TPSA) is 75.4 Å². The number of carbonyl (C=O) groups is 2. The van der Waals surface area contributed by atoms with Crippen LogP contribution in [0.15, 0.2) is 53.6 Å². The van der Waals surface area contributed by atoms with E-state index in [4.69, 9.17) is 4.52 Å². The van der Waals surface area contributed by atoms with Gasteiger partial charge in [-0.3, -0.25) is 9.59 Å². The highest BCUT2D eigenvalue weighted by Crippen LogP contribution is 2.27. The minimum absolute atomic E-state index is 0.00916. The van der Waals surface area contributed by atoms with Crippen molar-refractivity contribution in [2.24, 2.45) is 5.92 Å². The molecule has 1 aromatic heterocycles. The van der Waals surface area contributed by atoms with Gasteiger partial charge in [0, 0.05) is 25.6 Å². The molecule has 2 aromatic rings. The van der Waals surface area contributed by atoms with Crippen LogP contribution >= 0.6 is 0 Å². The summed E-state index contributed by atoms with van der Waals surface area (Å²) in [6.45, 7) is 5.08. The third-order valence-electron chi connectivity index (χ3n) is 4.56. The van der Waals surface area contributed by atoms with Crippen molar-refractivity contribution in [2.45, 2.75) is 32.2 Å². The van der Waals surface area contributed by atoms with Gasteiger partial charge in [-0.1, -0.05) is 41.6 Å². The van der Waals surface area contributed by atoms with Crippen LogP contribution in [0.3, 0.4) is 0 Å². The van der Waals surface area contributed by atoms with Gasteiger partial charge in [-0.05, 0) is 30.7 Å². The maximum atomic E-state index is 12.6. The molecular weight excluding hydrogens is 342 g/mol. The molecule has 0 atom stereocenters. The van der Waals surface area contributed by atoms with Crippen molar-refractivity contribution in [1.29, 1.82) is 0 Å². The third-order valence-corrected chi connectivity index (χ3v) is 4.56. The monoisotopic (exact) mass is 367 g/mol. The summed E-state index contributed by atoms with van der Waals surface area (Å²) in [5.41, 5.74) is 1.37. The Morgan fingerprint density at radius 1 is 1.30 bits per heavy atom. The van der Waals surface area contributed by atoms with E-state index in [0.29, 0.717) is 37.6 Å². The number of hydrogen-bond donors (Lipinski definition) is 1. The first-order chi connectivity index (χ1) is 13.2. The lowest BCUT2D eigenvalue weighted by atomic mass is 10.1. The zero-order chi connectivity index (χ0) is 19.1. The molecule has 1 aliphatic carbocycles. The van der Waals surface area contributed by atoms with Gasteiger partial charge in [0.1, 0.15) is 0 Å². The Balaban J connectivity index is 1.54. The zero-order valence-electron chi connectivity index (χ0n) is 15.4. The Morgan fingerprint density at radius 2 is 2.07 bits per heavy atom. The normalized spacial score (nSPS) is 13.2. The van der Waals surface area contributed by atoms with E-state index < -0.39 is 0 Å². The van der Waals surface area contributed by atoms with Crippen LogP contribution in [0.4, 0.5) is 0 Å². The van der Waals surface area contributed by atoms with Crippen LogP contribution in [0.5, 0.6) is 0 Å². The van der Waals surface area contributed by atoms with Crippen molar-refractivity contribution >= 4 is 11.8 Å². The molecule has 0 aliphatic heterocycles. The van der Waals surface area contributed by atoms with Crippen LogP contribution in [-0.2, 0) is 17.8 Å². The van der Waals surface area contributed by atoms with E-state index in [1.54, 1.807) is 17.0 Å². The smallest absolute Gasteiger partial charge is 0.273 e. The number of rotatable bonds is 10. The van der Waals surface area contributed by atoms with Gasteiger partial charge in [-0.25, -0.2) is 0 Å². The SMILES string of the molecule is C=CCN(Cc1cc(C(=O)NCC2CC2)no1)C(=O)CCc1ccccc1. The molecule has 27 heavy (non-hydrogen) atoms. The Morgan fingerprint density at radius 3 is 2.78 bits per heavy atom. The van der Waals surface area contributed by atoms with Crippen molar-refractivity contribution in [3.63, 3.8) is 0 Å². The summed E-state index contributed by atoms with van der Waals surface area (Å²) in [6, 6.07) is 11.5. The van der Waals surface area contributed by atoms with Crippen molar-refractivity contribution in [3.8, 4) is 0 Å². The number of nitrogens with zero attached hydrogens (tertiary/aromatic N) is 2. The molecule has 0 spiro atoms. The molecule has 6 nitrogen and oxygen atoms in total. The van der Waals surface area contributed by atoms with Gasteiger partial charge in [-0.15, -0.1) is 6.58 Å². The molecule has 0 radical (unpaired) electrons. The summed E-state index contributed by atoms with van der Waals surface area (Å²) in [7, 11) is 0. The molecule has 0 bridgehead atoms. The van der Waals surface area contributed by atoms with Crippen molar-refractivity contribution < 1.29 is 14.1 Å². The molecule has 1 N–H and O–H groups in total. The van der Waals surface area contributed by atoms with Gasteiger partial charge in [0.25, 0.3) is 5.91 Å². The van der Waals surface area contributed by atoms with E-state index in [1.807, 2.05) is 30.3 Å². The average Bonchev–Trinajstić information content (AvgIpc) is 3.41. The maximum Gasteiger partial charge on any atom is 0.273 e. The first-order valence-corrected chi connectivity index (χ1v) is 9.32. The minimum Gasteiger partial charge on any atom is -0.359 e. The van der Waals surface area contributed by atoms with Gasteiger partial charge in [0.15, 0.2) is 11.5 Å². The molecule has 142 valence electrons. The molecule has 1 aromatic carbocycles. The molecule has 0 unspecified atom stereocenters. The standard InChI is InChI=1S/C21H25N3O3/c1-2-12-24(20(25)11-10-16-6-4-3-5-7-16)15-18-13-19(23-27-18)21(26)22-14-17-8-9-17/h2-7,13,17H,1,8-12,14-15H2,(H,22,26). The predicted molar refractivity (Wildman–Crippen MR) is 102 cm³/mol. The van der Waals surface area contributed by atoms with E-state index in [-0.39, 0.29) is 24.1 Å². The number of hydrogen-bond acceptors (Lipinski definition) is 4.